The summed E-state index contributed by atoms with van der Waals surface area (Å²) in [5.74, 6) is -0.297. The molecule has 3 heteroatoms. The number of benzene rings is 1. The molecule has 0 amide bonds. The summed E-state index contributed by atoms with van der Waals surface area (Å²) in [5, 5.41) is 1.78. The van der Waals surface area contributed by atoms with Gasteiger partial charge in [0, 0.05) is 11.1 Å². The molecule has 0 bridgehead atoms. The Bertz CT molecular complexity index is 462. The van der Waals surface area contributed by atoms with Crippen LogP contribution in [-0.4, -0.2) is 6.29 Å². The van der Waals surface area contributed by atoms with Crippen LogP contribution in [0, 0.1) is 5.82 Å². The average molecular weight is 206 g/mol. The molecular formula is C11H7FOS. The lowest BCUT2D eigenvalue weighted by Gasteiger charge is -2.00. The number of hydrogen-bond donors (Lipinski definition) is 0. The van der Waals surface area contributed by atoms with Crippen LogP contribution in [0.25, 0.3) is 11.1 Å². The first kappa shape index (κ1) is 9.09. The highest BCUT2D eigenvalue weighted by atomic mass is 32.1. The Hall–Kier alpha value is -1.48. The summed E-state index contributed by atoms with van der Waals surface area (Å²) in [5.41, 5.74) is 1.15. The normalized spacial score (nSPS) is 10.1. The third-order valence-corrected chi connectivity index (χ3v) is 2.81. The van der Waals surface area contributed by atoms with Crippen molar-refractivity contribution in [1.82, 2.24) is 0 Å². The monoisotopic (exact) mass is 206 g/mol. The summed E-state index contributed by atoms with van der Waals surface area (Å²) in [6.45, 7) is 0. The number of hydrogen-bond acceptors (Lipinski definition) is 2. The molecule has 0 saturated heterocycles. The highest BCUT2D eigenvalue weighted by molar-refractivity contribution is 7.12. The number of aldehydes is 1. The standard InChI is InChI=1S/C11H7FOS/c12-10-4-2-1-3-8(10)9-5-6-14-11(9)7-13/h1-7H. The molecule has 14 heavy (non-hydrogen) atoms. The van der Waals surface area contributed by atoms with Crippen LogP contribution < -0.4 is 0 Å². The van der Waals surface area contributed by atoms with Crippen molar-refractivity contribution in [2.24, 2.45) is 0 Å². The Balaban J connectivity index is 2.60. The first-order chi connectivity index (χ1) is 6.83. The lowest BCUT2D eigenvalue weighted by Crippen LogP contribution is -1.84. The molecule has 0 N–H and O–H groups in total. The van der Waals surface area contributed by atoms with E-state index in [4.69, 9.17) is 0 Å². The molecule has 0 saturated carbocycles. The Morgan fingerprint density at radius 1 is 1.14 bits per heavy atom. The summed E-state index contributed by atoms with van der Waals surface area (Å²) >= 11 is 1.32. The Kier molecular flexibility index (Phi) is 2.41. The molecule has 70 valence electrons. The van der Waals surface area contributed by atoms with Crippen LogP contribution in [0.1, 0.15) is 9.67 Å². The number of rotatable bonds is 2. The fraction of sp³-hybridized carbons (Fsp3) is 0. The predicted octanol–water partition coefficient (Wildman–Crippen LogP) is 3.37. The quantitative estimate of drug-likeness (QED) is 0.688. The van der Waals surface area contributed by atoms with Gasteiger partial charge in [-0.25, -0.2) is 4.39 Å². The molecular weight excluding hydrogens is 199 g/mol. The number of thiophene rings is 1. The van der Waals surface area contributed by atoms with Gasteiger partial charge in [-0.3, -0.25) is 4.79 Å². The zero-order valence-corrected chi connectivity index (χ0v) is 8.05. The SMILES string of the molecule is O=Cc1sccc1-c1ccccc1F. The number of halogens is 1. The Morgan fingerprint density at radius 3 is 2.64 bits per heavy atom. The third kappa shape index (κ3) is 1.46. The second-order valence-corrected chi connectivity index (χ2v) is 3.74. The molecule has 0 radical (unpaired) electrons. The molecule has 0 spiro atoms. The van der Waals surface area contributed by atoms with Crippen LogP contribution >= 0.6 is 11.3 Å². The van der Waals surface area contributed by atoms with Crippen molar-refractivity contribution in [2.75, 3.05) is 0 Å². The van der Waals surface area contributed by atoms with Gasteiger partial charge >= 0.3 is 0 Å². The van der Waals surface area contributed by atoms with Crippen LogP contribution in [0.2, 0.25) is 0 Å². The Morgan fingerprint density at radius 2 is 1.93 bits per heavy atom. The van der Waals surface area contributed by atoms with Crippen molar-refractivity contribution in [3.63, 3.8) is 0 Å². The van der Waals surface area contributed by atoms with Crippen molar-refractivity contribution in [3.05, 3.63) is 46.4 Å². The van der Waals surface area contributed by atoms with Crippen LogP contribution in [0.3, 0.4) is 0 Å². The second kappa shape index (κ2) is 3.72. The summed E-state index contributed by atoms with van der Waals surface area (Å²) in [7, 11) is 0. The van der Waals surface area contributed by atoms with Gasteiger partial charge in [-0.15, -0.1) is 11.3 Å². The van der Waals surface area contributed by atoms with Gasteiger partial charge in [0.1, 0.15) is 5.82 Å². The minimum Gasteiger partial charge on any atom is -0.297 e. The lowest BCUT2D eigenvalue weighted by molar-refractivity contribution is 0.112. The van der Waals surface area contributed by atoms with E-state index in [1.165, 1.54) is 17.4 Å². The predicted molar refractivity (Wildman–Crippen MR) is 55.1 cm³/mol. The number of carbonyl (C=O) groups is 1. The molecule has 2 rings (SSSR count). The molecule has 0 atom stereocenters. The molecule has 1 aromatic carbocycles. The van der Waals surface area contributed by atoms with Crippen LogP contribution in [0.4, 0.5) is 4.39 Å². The van der Waals surface area contributed by atoms with Crippen molar-refractivity contribution < 1.29 is 9.18 Å². The van der Waals surface area contributed by atoms with Gasteiger partial charge in [0.2, 0.25) is 0 Å². The molecule has 2 aromatic rings. The molecule has 1 nitrogen and oxygen atoms in total. The van der Waals surface area contributed by atoms with E-state index in [0.717, 1.165) is 6.29 Å². The van der Waals surface area contributed by atoms with E-state index in [9.17, 15) is 9.18 Å². The van der Waals surface area contributed by atoms with E-state index in [-0.39, 0.29) is 5.82 Å². The smallest absolute Gasteiger partial charge is 0.160 e. The van der Waals surface area contributed by atoms with Crippen molar-refractivity contribution in [2.45, 2.75) is 0 Å². The largest absolute Gasteiger partial charge is 0.297 e. The van der Waals surface area contributed by atoms with Gasteiger partial charge in [0.05, 0.1) is 4.88 Å². The minimum atomic E-state index is -0.297. The van der Waals surface area contributed by atoms with Gasteiger partial charge in [0.25, 0.3) is 0 Å². The van der Waals surface area contributed by atoms with Gasteiger partial charge < -0.3 is 0 Å². The first-order valence-electron chi connectivity index (χ1n) is 4.10. The van der Waals surface area contributed by atoms with E-state index in [1.807, 2.05) is 0 Å². The van der Waals surface area contributed by atoms with E-state index in [2.05, 4.69) is 0 Å². The minimum absolute atomic E-state index is 0.297. The van der Waals surface area contributed by atoms with Gasteiger partial charge in [-0.1, -0.05) is 18.2 Å². The van der Waals surface area contributed by atoms with Crippen LogP contribution in [0.15, 0.2) is 35.7 Å². The van der Waals surface area contributed by atoms with Gasteiger partial charge in [-0.2, -0.15) is 0 Å². The average Bonchev–Trinajstić information content (AvgIpc) is 2.66. The van der Waals surface area contributed by atoms with Gasteiger partial charge in [0.15, 0.2) is 6.29 Å². The molecule has 1 aromatic heterocycles. The first-order valence-corrected chi connectivity index (χ1v) is 4.98. The highest BCUT2D eigenvalue weighted by Gasteiger charge is 2.09. The maximum atomic E-state index is 13.4. The van der Waals surface area contributed by atoms with Crippen molar-refractivity contribution in [1.29, 1.82) is 0 Å². The summed E-state index contributed by atoms with van der Waals surface area (Å²) < 4.78 is 13.4. The molecule has 1 heterocycles. The summed E-state index contributed by atoms with van der Waals surface area (Å²) in [6, 6.07) is 8.20. The molecule has 0 aliphatic rings. The molecule has 0 aliphatic heterocycles. The van der Waals surface area contributed by atoms with Crippen LogP contribution in [-0.2, 0) is 0 Å². The second-order valence-electron chi connectivity index (χ2n) is 2.80. The fourth-order valence-corrected chi connectivity index (χ4v) is 2.03. The fourth-order valence-electron chi connectivity index (χ4n) is 1.31. The number of carbonyl (C=O) groups excluding carboxylic acids is 1. The lowest BCUT2D eigenvalue weighted by atomic mass is 10.1. The van der Waals surface area contributed by atoms with E-state index in [0.29, 0.717) is 16.0 Å². The maximum absolute atomic E-state index is 13.4. The summed E-state index contributed by atoms with van der Waals surface area (Å²) in [6.07, 6.45) is 0.756. The van der Waals surface area contributed by atoms with Gasteiger partial charge in [-0.05, 0) is 17.5 Å². The highest BCUT2D eigenvalue weighted by Crippen LogP contribution is 2.28. The molecule has 0 fully saturated rings. The zero-order chi connectivity index (χ0) is 9.97. The molecule has 0 aliphatic carbocycles. The van der Waals surface area contributed by atoms with Crippen LogP contribution in [0.5, 0.6) is 0 Å². The Labute approximate surface area is 84.8 Å². The van der Waals surface area contributed by atoms with Crippen molar-refractivity contribution in [3.8, 4) is 11.1 Å². The van der Waals surface area contributed by atoms with E-state index < -0.39 is 0 Å². The summed E-state index contributed by atoms with van der Waals surface area (Å²) in [4.78, 5) is 11.2. The van der Waals surface area contributed by atoms with E-state index >= 15 is 0 Å². The zero-order valence-electron chi connectivity index (χ0n) is 7.24. The maximum Gasteiger partial charge on any atom is 0.160 e. The molecule has 0 unspecified atom stereocenters. The topological polar surface area (TPSA) is 17.1 Å². The van der Waals surface area contributed by atoms with Crippen molar-refractivity contribution >= 4 is 17.6 Å². The third-order valence-electron chi connectivity index (χ3n) is 1.97. The van der Waals surface area contributed by atoms with E-state index in [1.54, 1.807) is 29.6 Å².